The van der Waals surface area contributed by atoms with Gasteiger partial charge in [-0.15, -0.1) is 0 Å². The minimum Gasteiger partial charge on any atom is -0.393 e. The van der Waals surface area contributed by atoms with Crippen LogP contribution in [0.2, 0.25) is 0 Å². The van der Waals surface area contributed by atoms with Crippen molar-refractivity contribution in [3.8, 4) is 0 Å². The van der Waals surface area contributed by atoms with Crippen molar-refractivity contribution >= 4 is 0 Å². The Morgan fingerprint density at radius 3 is 2.65 bits per heavy atom. The Balaban J connectivity index is 1.80. The standard InChI is InChI=1S/C14H27NO2/c1-4-17-13-9-12(14(13,2)3)15-10-6-5-7-11(16)8-10/h10-13,15-16H,4-9H2,1-3H3. The van der Waals surface area contributed by atoms with E-state index < -0.39 is 0 Å². The number of hydrogen-bond acceptors (Lipinski definition) is 3. The average Bonchev–Trinajstić information content (AvgIpc) is 2.28. The molecular weight excluding hydrogens is 214 g/mol. The summed E-state index contributed by atoms with van der Waals surface area (Å²) in [4.78, 5) is 0. The third-order valence-corrected chi connectivity index (χ3v) is 4.63. The van der Waals surface area contributed by atoms with E-state index in [-0.39, 0.29) is 11.5 Å². The summed E-state index contributed by atoms with van der Waals surface area (Å²) in [6.07, 6.45) is 5.70. The van der Waals surface area contributed by atoms with Crippen LogP contribution in [0.25, 0.3) is 0 Å². The minimum atomic E-state index is -0.0906. The Labute approximate surface area is 105 Å². The molecule has 0 radical (unpaired) electrons. The predicted molar refractivity (Wildman–Crippen MR) is 69.0 cm³/mol. The van der Waals surface area contributed by atoms with Crippen molar-refractivity contribution in [3.63, 3.8) is 0 Å². The van der Waals surface area contributed by atoms with Crippen molar-refractivity contribution in [2.24, 2.45) is 5.41 Å². The highest BCUT2D eigenvalue weighted by Crippen LogP contribution is 2.43. The van der Waals surface area contributed by atoms with Gasteiger partial charge in [-0.1, -0.05) is 13.8 Å². The lowest BCUT2D eigenvalue weighted by atomic mass is 9.64. The molecule has 0 aromatic heterocycles. The molecule has 17 heavy (non-hydrogen) atoms. The first-order valence-corrected chi connectivity index (χ1v) is 7.09. The topological polar surface area (TPSA) is 41.5 Å². The summed E-state index contributed by atoms with van der Waals surface area (Å²) in [5.41, 5.74) is 0.235. The SMILES string of the molecule is CCOC1CC(NC2CCCC(O)C2)C1(C)C. The van der Waals surface area contributed by atoms with Gasteiger partial charge in [-0.2, -0.15) is 0 Å². The van der Waals surface area contributed by atoms with Crippen LogP contribution in [0.4, 0.5) is 0 Å². The number of ether oxygens (including phenoxy) is 1. The number of nitrogens with one attached hydrogen (secondary N) is 1. The Kier molecular flexibility index (Phi) is 4.11. The van der Waals surface area contributed by atoms with E-state index >= 15 is 0 Å². The highest BCUT2D eigenvalue weighted by molar-refractivity contribution is 5.04. The maximum Gasteiger partial charge on any atom is 0.0655 e. The van der Waals surface area contributed by atoms with E-state index in [0.717, 1.165) is 32.3 Å². The maximum absolute atomic E-state index is 9.68. The normalized spacial score (nSPS) is 40.9. The van der Waals surface area contributed by atoms with Crippen LogP contribution in [-0.4, -0.2) is 36.0 Å². The second-order valence-electron chi connectivity index (χ2n) is 6.24. The molecule has 2 N–H and O–H groups in total. The third-order valence-electron chi connectivity index (χ3n) is 4.63. The van der Waals surface area contributed by atoms with Crippen LogP contribution in [-0.2, 0) is 4.74 Å². The molecule has 0 spiro atoms. The molecule has 0 amide bonds. The lowest BCUT2D eigenvalue weighted by molar-refractivity contribution is -0.118. The molecule has 3 nitrogen and oxygen atoms in total. The number of aliphatic hydroxyl groups is 1. The van der Waals surface area contributed by atoms with Gasteiger partial charge in [-0.3, -0.25) is 0 Å². The number of rotatable bonds is 4. The molecule has 4 unspecified atom stereocenters. The molecule has 3 heteroatoms. The molecule has 4 atom stereocenters. The van der Waals surface area contributed by atoms with Gasteiger partial charge < -0.3 is 15.2 Å². The molecule has 2 saturated carbocycles. The first-order chi connectivity index (χ1) is 8.04. The van der Waals surface area contributed by atoms with Gasteiger partial charge in [0.1, 0.15) is 0 Å². The quantitative estimate of drug-likeness (QED) is 0.792. The van der Waals surface area contributed by atoms with E-state index in [0.29, 0.717) is 18.2 Å². The fraction of sp³-hybridized carbons (Fsp3) is 1.00. The molecule has 2 fully saturated rings. The van der Waals surface area contributed by atoms with Crippen molar-refractivity contribution in [2.45, 2.75) is 77.2 Å². The fourth-order valence-corrected chi connectivity index (χ4v) is 3.25. The first kappa shape index (κ1) is 13.3. The lowest BCUT2D eigenvalue weighted by Crippen LogP contribution is -2.63. The lowest BCUT2D eigenvalue weighted by Gasteiger charge is -2.53. The van der Waals surface area contributed by atoms with E-state index in [9.17, 15) is 5.11 Å². The van der Waals surface area contributed by atoms with Crippen molar-refractivity contribution in [2.75, 3.05) is 6.61 Å². The Hall–Kier alpha value is -0.120. The van der Waals surface area contributed by atoms with E-state index in [1.165, 1.54) is 6.42 Å². The second kappa shape index (κ2) is 5.25. The van der Waals surface area contributed by atoms with Gasteiger partial charge in [0, 0.05) is 24.1 Å². The highest BCUT2D eigenvalue weighted by atomic mass is 16.5. The van der Waals surface area contributed by atoms with Crippen LogP contribution in [0.5, 0.6) is 0 Å². The Bertz CT molecular complexity index is 255. The first-order valence-electron chi connectivity index (χ1n) is 7.09. The summed E-state index contributed by atoms with van der Waals surface area (Å²) in [7, 11) is 0. The van der Waals surface area contributed by atoms with Gasteiger partial charge in [0.15, 0.2) is 0 Å². The summed E-state index contributed by atoms with van der Waals surface area (Å²) in [6, 6.07) is 1.06. The zero-order valence-electron chi connectivity index (χ0n) is 11.4. The fourth-order valence-electron chi connectivity index (χ4n) is 3.25. The Morgan fingerprint density at radius 1 is 1.29 bits per heavy atom. The summed E-state index contributed by atoms with van der Waals surface area (Å²) in [5.74, 6) is 0. The molecule has 0 saturated heterocycles. The molecule has 0 aliphatic heterocycles. The molecule has 0 bridgehead atoms. The van der Waals surface area contributed by atoms with E-state index in [1.807, 2.05) is 0 Å². The summed E-state index contributed by atoms with van der Waals surface area (Å²) in [5, 5.41) is 13.4. The summed E-state index contributed by atoms with van der Waals surface area (Å²) < 4.78 is 5.74. The smallest absolute Gasteiger partial charge is 0.0655 e. The zero-order valence-corrected chi connectivity index (χ0v) is 11.4. The number of aliphatic hydroxyl groups excluding tert-OH is 1. The molecule has 0 heterocycles. The van der Waals surface area contributed by atoms with Crippen molar-refractivity contribution in [3.05, 3.63) is 0 Å². The van der Waals surface area contributed by atoms with Crippen LogP contribution in [0.15, 0.2) is 0 Å². The van der Waals surface area contributed by atoms with Gasteiger partial charge in [-0.25, -0.2) is 0 Å². The van der Waals surface area contributed by atoms with Gasteiger partial charge in [0.05, 0.1) is 12.2 Å². The molecule has 0 aromatic carbocycles. The second-order valence-corrected chi connectivity index (χ2v) is 6.24. The molecular formula is C14H27NO2. The van der Waals surface area contributed by atoms with E-state index in [2.05, 4.69) is 26.1 Å². The highest BCUT2D eigenvalue weighted by Gasteiger charge is 2.49. The van der Waals surface area contributed by atoms with Gasteiger partial charge in [0.2, 0.25) is 0 Å². The van der Waals surface area contributed by atoms with Gasteiger partial charge in [0.25, 0.3) is 0 Å². The van der Waals surface area contributed by atoms with Crippen LogP contribution < -0.4 is 5.32 Å². The molecule has 2 aliphatic carbocycles. The Morgan fingerprint density at radius 2 is 2.06 bits per heavy atom. The van der Waals surface area contributed by atoms with Crippen molar-refractivity contribution in [1.82, 2.24) is 5.32 Å². The van der Waals surface area contributed by atoms with E-state index in [4.69, 9.17) is 4.74 Å². The largest absolute Gasteiger partial charge is 0.393 e. The van der Waals surface area contributed by atoms with Gasteiger partial charge >= 0.3 is 0 Å². The van der Waals surface area contributed by atoms with Crippen LogP contribution >= 0.6 is 0 Å². The monoisotopic (exact) mass is 241 g/mol. The predicted octanol–water partition coefficient (Wildman–Crippen LogP) is 2.08. The summed E-state index contributed by atoms with van der Waals surface area (Å²) >= 11 is 0. The van der Waals surface area contributed by atoms with Crippen LogP contribution in [0.1, 0.15) is 52.9 Å². The zero-order chi connectivity index (χ0) is 12.5. The summed E-state index contributed by atoms with van der Waals surface area (Å²) in [6.45, 7) is 7.44. The van der Waals surface area contributed by atoms with Crippen molar-refractivity contribution < 1.29 is 9.84 Å². The number of hydrogen-bond donors (Lipinski definition) is 2. The van der Waals surface area contributed by atoms with Crippen LogP contribution in [0.3, 0.4) is 0 Å². The van der Waals surface area contributed by atoms with Crippen molar-refractivity contribution in [1.29, 1.82) is 0 Å². The van der Waals surface area contributed by atoms with E-state index in [1.54, 1.807) is 0 Å². The minimum absolute atomic E-state index is 0.0906. The third kappa shape index (κ3) is 2.83. The van der Waals surface area contributed by atoms with Crippen LogP contribution in [0, 0.1) is 5.41 Å². The molecule has 2 aliphatic rings. The molecule has 2 rings (SSSR count). The molecule has 100 valence electrons. The van der Waals surface area contributed by atoms with Gasteiger partial charge in [-0.05, 0) is 39.0 Å². The maximum atomic E-state index is 9.68. The average molecular weight is 241 g/mol. The molecule has 0 aromatic rings.